The van der Waals surface area contributed by atoms with Gasteiger partial charge in [0.25, 0.3) is 5.56 Å². The Morgan fingerprint density at radius 1 is 1.14 bits per heavy atom. The lowest BCUT2D eigenvalue weighted by Crippen LogP contribution is -2.27. The Morgan fingerprint density at radius 3 is 2.64 bits per heavy atom. The van der Waals surface area contributed by atoms with Crippen LogP contribution in [-0.2, 0) is 11.3 Å². The minimum absolute atomic E-state index is 0.227. The third kappa shape index (κ3) is 3.37. The molecule has 4 aromatic rings. The van der Waals surface area contributed by atoms with Gasteiger partial charge in [0.2, 0.25) is 5.91 Å². The molecule has 1 amide bonds. The van der Waals surface area contributed by atoms with Crippen LogP contribution in [0.15, 0.2) is 65.8 Å². The van der Waals surface area contributed by atoms with Gasteiger partial charge in [-0.3, -0.25) is 14.2 Å². The highest BCUT2D eigenvalue weighted by Crippen LogP contribution is 2.20. The Bertz CT molecular complexity index is 1230. The number of halogens is 2. The number of hydrogen-bond acceptors (Lipinski definition) is 4. The smallest absolute Gasteiger partial charge is 0.264 e. The van der Waals surface area contributed by atoms with Gasteiger partial charge in [0, 0.05) is 0 Å². The number of nitrogens with one attached hydrogen (secondary N) is 1. The number of benzene rings is 2. The molecule has 0 radical (unpaired) electrons. The van der Waals surface area contributed by atoms with E-state index in [9.17, 15) is 14.0 Å². The quantitative estimate of drug-likeness (QED) is 0.574. The number of carbonyl (C=O) groups excluding carboxylic acids is 1. The van der Waals surface area contributed by atoms with E-state index in [0.717, 1.165) is 0 Å². The fraction of sp³-hybridized carbons (Fsp3) is 0.0526. The Morgan fingerprint density at radius 2 is 1.89 bits per heavy atom. The average molecular weight is 398 g/mol. The van der Waals surface area contributed by atoms with Gasteiger partial charge in [-0.05, 0) is 36.4 Å². The summed E-state index contributed by atoms with van der Waals surface area (Å²) in [4.78, 5) is 29.2. The van der Waals surface area contributed by atoms with Crippen molar-refractivity contribution in [3.8, 4) is 5.69 Å². The highest BCUT2D eigenvalue weighted by molar-refractivity contribution is 6.33. The zero-order valence-corrected chi connectivity index (χ0v) is 15.1. The Balaban J connectivity index is 1.62. The van der Waals surface area contributed by atoms with Crippen molar-refractivity contribution in [3.05, 3.63) is 82.2 Å². The second-order valence-electron chi connectivity index (χ2n) is 5.98. The second-order valence-corrected chi connectivity index (χ2v) is 6.38. The van der Waals surface area contributed by atoms with Gasteiger partial charge in [-0.2, -0.15) is 5.10 Å². The van der Waals surface area contributed by atoms with E-state index in [0.29, 0.717) is 22.0 Å². The standard InChI is InChI=1S/C19H13ClFN5O2/c20-15-3-1-2-4-16(15)24-17(27)10-25-11-22-18-14(19(25)28)9-23-26(18)13-7-5-12(21)6-8-13/h1-9,11H,10H2,(H,24,27). The van der Waals surface area contributed by atoms with E-state index in [1.807, 2.05) is 0 Å². The normalized spacial score (nSPS) is 10.9. The molecule has 4 rings (SSSR count). The maximum absolute atomic E-state index is 13.1. The maximum atomic E-state index is 13.1. The van der Waals surface area contributed by atoms with E-state index in [-0.39, 0.29) is 17.7 Å². The van der Waals surface area contributed by atoms with Crippen LogP contribution >= 0.6 is 11.6 Å². The molecule has 2 heterocycles. The molecule has 2 aromatic carbocycles. The molecular weight excluding hydrogens is 385 g/mol. The van der Waals surface area contributed by atoms with Gasteiger partial charge in [0.05, 0.1) is 22.6 Å². The van der Waals surface area contributed by atoms with Crippen LogP contribution in [0.3, 0.4) is 0 Å². The monoisotopic (exact) mass is 397 g/mol. The van der Waals surface area contributed by atoms with E-state index in [1.54, 1.807) is 24.3 Å². The van der Waals surface area contributed by atoms with E-state index in [1.165, 1.54) is 46.0 Å². The Hall–Kier alpha value is -3.52. The molecule has 1 N–H and O–H groups in total. The first-order valence-corrected chi connectivity index (χ1v) is 8.64. The molecule has 0 aliphatic rings. The summed E-state index contributed by atoms with van der Waals surface area (Å²) in [5, 5.41) is 7.46. The summed E-state index contributed by atoms with van der Waals surface area (Å²) in [6.45, 7) is -0.227. The van der Waals surface area contributed by atoms with Crippen LogP contribution in [0, 0.1) is 5.82 Å². The molecule has 7 nitrogen and oxygen atoms in total. The zero-order valence-electron chi connectivity index (χ0n) is 14.3. The van der Waals surface area contributed by atoms with E-state index >= 15 is 0 Å². The summed E-state index contributed by atoms with van der Waals surface area (Å²) in [5.74, 6) is -0.790. The van der Waals surface area contributed by atoms with Crippen LogP contribution in [-0.4, -0.2) is 25.2 Å². The molecule has 0 aliphatic carbocycles. The first-order valence-electron chi connectivity index (χ1n) is 8.26. The van der Waals surface area contributed by atoms with Crippen molar-refractivity contribution in [2.24, 2.45) is 0 Å². The average Bonchev–Trinajstić information content (AvgIpc) is 3.11. The van der Waals surface area contributed by atoms with Crippen LogP contribution in [0.25, 0.3) is 16.7 Å². The molecule has 0 atom stereocenters. The summed E-state index contributed by atoms with van der Waals surface area (Å²) in [5.41, 5.74) is 0.935. The van der Waals surface area contributed by atoms with Crippen LogP contribution < -0.4 is 10.9 Å². The van der Waals surface area contributed by atoms with Crippen LogP contribution in [0.4, 0.5) is 10.1 Å². The number of anilines is 1. The van der Waals surface area contributed by atoms with Crippen molar-refractivity contribution in [1.82, 2.24) is 19.3 Å². The third-order valence-corrected chi connectivity index (χ3v) is 4.42. The van der Waals surface area contributed by atoms with Gasteiger partial charge in [0.15, 0.2) is 5.65 Å². The van der Waals surface area contributed by atoms with E-state index in [4.69, 9.17) is 11.6 Å². The number of para-hydroxylation sites is 1. The fourth-order valence-corrected chi connectivity index (χ4v) is 2.92. The highest BCUT2D eigenvalue weighted by Gasteiger charge is 2.14. The molecule has 9 heteroatoms. The number of nitrogens with zero attached hydrogens (tertiary/aromatic N) is 4. The molecule has 28 heavy (non-hydrogen) atoms. The van der Waals surface area contributed by atoms with Crippen molar-refractivity contribution in [2.45, 2.75) is 6.54 Å². The second kappa shape index (κ2) is 7.24. The van der Waals surface area contributed by atoms with Crippen LogP contribution in [0.5, 0.6) is 0 Å². The fourth-order valence-electron chi connectivity index (χ4n) is 2.74. The molecule has 0 fully saturated rings. The minimum Gasteiger partial charge on any atom is -0.323 e. The molecule has 0 aliphatic heterocycles. The summed E-state index contributed by atoms with van der Waals surface area (Å²) in [7, 11) is 0. The molecule has 0 saturated heterocycles. The summed E-state index contributed by atoms with van der Waals surface area (Å²) >= 11 is 6.02. The molecule has 2 aromatic heterocycles. The van der Waals surface area contributed by atoms with Gasteiger partial charge >= 0.3 is 0 Å². The van der Waals surface area contributed by atoms with Crippen molar-refractivity contribution < 1.29 is 9.18 Å². The number of carbonyl (C=O) groups is 1. The topological polar surface area (TPSA) is 81.8 Å². The lowest BCUT2D eigenvalue weighted by molar-refractivity contribution is -0.116. The summed E-state index contributed by atoms with van der Waals surface area (Å²) in [6.07, 6.45) is 2.65. The zero-order chi connectivity index (χ0) is 19.7. The number of aromatic nitrogens is 4. The third-order valence-electron chi connectivity index (χ3n) is 4.09. The summed E-state index contributed by atoms with van der Waals surface area (Å²) < 4.78 is 15.7. The Kier molecular flexibility index (Phi) is 4.62. The van der Waals surface area contributed by atoms with Gasteiger partial charge < -0.3 is 5.32 Å². The van der Waals surface area contributed by atoms with Crippen LogP contribution in [0.2, 0.25) is 5.02 Å². The number of hydrogen-bond donors (Lipinski definition) is 1. The van der Waals surface area contributed by atoms with Crippen molar-refractivity contribution in [3.63, 3.8) is 0 Å². The molecule has 0 bridgehead atoms. The Labute approximate surface area is 163 Å². The lowest BCUT2D eigenvalue weighted by Gasteiger charge is -2.09. The van der Waals surface area contributed by atoms with E-state index < -0.39 is 11.5 Å². The number of fused-ring (bicyclic) bond motifs is 1. The van der Waals surface area contributed by atoms with Crippen molar-refractivity contribution in [1.29, 1.82) is 0 Å². The predicted octanol–water partition coefficient (Wildman–Crippen LogP) is 3.01. The molecule has 140 valence electrons. The van der Waals surface area contributed by atoms with Crippen LogP contribution in [0.1, 0.15) is 0 Å². The minimum atomic E-state index is -0.415. The number of amides is 1. The lowest BCUT2D eigenvalue weighted by atomic mass is 10.3. The van der Waals surface area contributed by atoms with Gasteiger partial charge in [-0.25, -0.2) is 14.1 Å². The van der Waals surface area contributed by atoms with Crippen molar-refractivity contribution >= 4 is 34.2 Å². The molecular formula is C19H13ClFN5O2. The van der Waals surface area contributed by atoms with Crippen molar-refractivity contribution in [2.75, 3.05) is 5.32 Å². The maximum Gasteiger partial charge on any atom is 0.264 e. The molecule has 0 spiro atoms. The summed E-state index contributed by atoms with van der Waals surface area (Å²) in [6, 6.07) is 12.5. The number of rotatable bonds is 4. The largest absolute Gasteiger partial charge is 0.323 e. The first kappa shape index (κ1) is 17.9. The van der Waals surface area contributed by atoms with E-state index in [2.05, 4.69) is 15.4 Å². The SMILES string of the molecule is O=C(Cn1cnc2c(cnn2-c2ccc(F)cc2)c1=O)Nc1ccccc1Cl. The molecule has 0 saturated carbocycles. The van der Waals surface area contributed by atoms with Gasteiger partial charge in [0.1, 0.15) is 24.1 Å². The highest BCUT2D eigenvalue weighted by atomic mass is 35.5. The van der Waals surface area contributed by atoms with Gasteiger partial charge in [-0.15, -0.1) is 0 Å². The first-order chi connectivity index (χ1) is 13.5. The van der Waals surface area contributed by atoms with Gasteiger partial charge in [-0.1, -0.05) is 23.7 Å². The molecule has 0 unspecified atom stereocenters. The predicted molar refractivity (Wildman–Crippen MR) is 103 cm³/mol.